The zero-order chi connectivity index (χ0) is 108. The van der Waals surface area contributed by atoms with Crippen molar-refractivity contribution in [1.29, 1.82) is 0 Å². The molecule has 0 radical (unpaired) electrons. The minimum absolute atomic E-state index is 0.00704. The van der Waals surface area contributed by atoms with Crippen LogP contribution in [0.25, 0.3) is 0 Å². The normalized spacial score (nSPS) is 17.5. The van der Waals surface area contributed by atoms with Gasteiger partial charge in [0.15, 0.2) is 0 Å². The number of carboxylic acid groups (broad SMARTS) is 3. The Hall–Kier alpha value is -12.5. The molecular weight excluding hydrogens is 1840 g/mol. The highest BCUT2D eigenvalue weighted by Crippen LogP contribution is 2.24. The van der Waals surface area contributed by atoms with E-state index in [1.165, 1.54) is 67.2 Å². The Morgan fingerprint density at radius 1 is 0.270 bits per heavy atom. The predicted octanol–water partition coefficient (Wildman–Crippen LogP) is -1.91. The Bertz CT molecular complexity index is 4390. The lowest BCUT2D eigenvalue weighted by Gasteiger charge is -2.32. The molecule has 2 aliphatic heterocycles. The molecule has 0 aliphatic carbocycles. The molecule has 0 spiro atoms. The Kier molecular flexibility index (Phi) is 52.9. The molecule has 0 aromatic carbocycles. The van der Waals surface area contributed by atoms with E-state index < -0.39 is 300 Å². The van der Waals surface area contributed by atoms with Gasteiger partial charge < -0.3 is 126 Å². The molecule has 20 atom stereocenters. The SMILES string of the molecule is CC(=O)NC(C)C(=O)NC(C)C(=O)NC(C(=O)NC(C)C(=O)NC(CC(C)C)C(=O)NC(CC(C)C)C(=O)N1CCCC1C(=O)NC(C)C(=O)NC(C(=O)NC(CC(C)C)C(=O)NC(CC(C)C)C(=O)NC(C)C(=O)NC(CC(C)C)C(=O)NC(CC(C)C)C(=O)NC(C)C(=O)N1CCCC1C(=O)NC(CC(=O)O)C(=O)NC(CCC(=O)O)C(=O)NC(C(=O)NC(C=O)CC(=O)O)C(C)C)C(C)C)C(C)C. The molecule has 2 fully saturated rings. The number of rotatable bonds is 60. The van der Waals surface area contributed by atoms with Gasteiger partial charge in [-0.25, -0.2) is 0 Å². The number of carboxylic acids is 3. The molecule has 141 heavy (non-hydrogen) atoms. The number of aldehydes is 1. The Morgan fingerprint density at radius 3 is 0.894 bits per heavy atom. The first-order valence-corrected chi connectivity index (χ1v) is 48.6. The quantitative estimate of drug-likeness (QED) is 0.0296. The molecule has 2 heterocycles. The second-order valence-electron chi connectivity index (χ2n) is 40.3. The summed E-state index contributed by atoms with van der Waals surface area (Å²) in [7, 11) is 0. The Balaban J connectivity index is 2.30. The van der Waals surface area contributed by atoms with Crippen LogP contribution in [0.5, 0.6) is 0 Å². The van der Waals surface area contributed by atoms with Gasteiger partial charge >= 0.3 is 17.9 Å². The van der Waals surface area contributed by atoms with Gasteiger partial charge in [-0.15, -0.1) is 0 Å². The van der Waals surface area contributed by atoms with Crippen molar-refractivity contribution >= 4 is 142 Å². The molecule has 47 nitrogen and oxygen atoms in total. The van der Waals surface area contributed by atoms with Crippen LogP contribution >= 0.6 is 0 Å². The fraction of sp³-hybridized carbons (Fsp3) is 0.745. The van der Waals surface area contributed by atoms with Crippen LogP contribution < -0.4 is 95.7 Å². The fourth-order valence-corrected chi connectivity index (χ4v) is 15.7. The summed E-state index contributed by atoms with van der Waals surface area (Å²) in [5.41, 5.74) is 0. The summed E-state index contributed by atoms with van der Waals surface area (Å²) < 4.78 is 0. The second-order valence-corrected chi connectivity index (χ2v) is 40.3. The third-order valence-corrected chi connectivity index (χ3v) is 23.2. The van der Waals surface area contributed by atoms with E-state index in [9.17, 15) is 125 Å². The number of carbonyl (C=O) groups excluding carboxylic acids is 21. The average Bonchev–Trinajstić information content (AvgIpc) is 1.67. The first-order chi connectivity index (χ1) is 65.4. The van der Waals surface area contributed by atoms with Crippen LogP contribution in [0.1, 0.15) is 263 Å². The topological polar surface area (TPSA) is 693 Å². The van der Waals surface area contributed by atoms with Crippen LogP contribution in [0.4, 0.5) is 0 Å². The molecule has 0 aromatic heterocycles. The smallest absolute Gasteiger partial charge is 0.305 e. The van der Waals surface area contributed by atoms with Crippen molar-refractivity contribution < 1.29 is 130 Å². The van der Waals surface area contributed by atoms with Crippen LogP contribution in [-0.4, -0.2) is 301 Å². The number of carbonyl (C=O) groups is 24. The molecule has 2 aliphatic rings. The first-order valence-electron chi connectivity index (χ1n) is 48.6. The predicted molar refractivity (Wildman–Crippen MR) is 513 cm³/mol. The van der Waals surface area contributed by atoms with E-state index in [1.54, 1.807) is 96.9 Å². The maximum atomic E-state index is 14.7. The van der Waals surface area contributed by atoms with Gasteiger partial charge in [0.25, 0.3) is 0 Å². The van der Waals surface area contributed by atoms with Crippen molar-refractivity contribution in [3.05, 3.63) is 0 Å². The van der Waals surface area contributed by atoms with Crippen molar-refractivity contribution in [2.75, 3.05) is 13.1 Å². The number of nitrogens with one attached hydrogen (secondary N) is 18. The number of nitrogens with zero attached hydrogens (tertiary/aromatic N) is 2. The summed E-state index contributed by atoms with van der Waals surface area (Å²) >= 11 is 0. The highest BCUT2D eigenvalue weighted by atomic mass is 16.4. The van der Waals surface area contributed by atoms with Crippen LogP contribution in [0, 0.1) is 53.3 Å². The van der Waals surface area contributed by atoms with Crippen molar-refractivity contribution in [3.8, 4) is 0 Å². The minimum atomic E-state index is -1.97. The summed E-state index contributed by atoms with van der Waals surface area (Å²) in [4.78, 5) is 327. The molecule has 0 bridgehead atoms. The molecule has 0 saturated carbocycles. The molecule has 2 saturated heterocycles. The maximum absolute atomic E-state index is 14.7. The highest BCUT2D eigenvalue weighted by Gasteiger charge is 2.45. The lowest BCUT2D eigenvalue weighted by Crippen LogP contribution is -2.61. The van der Waals surface area contributed by atoms with E-state index >= 15 is 0 Å². The van der Waals surface area contributed by atoms with E-state index in [0.29, 0.717) is 6.42 Å². The maximum Gasteiger partial charge on any atom is 0.305 e. The highest BCUT2D eigenvalue weighted by molar-refractivity contribution is 6.03. The van der Waals surface area contributed by atoms with Gasteiger partial charge in [0.05, 0.1) is 18.9 Å². The van der Waals surface area contributed by atoms with Crippen molar-refractivity contribution in [1.82, 2.24) is 106 Å². The zero-order valence-electron chi connectivity index (χ0n) is 86.2. The summed E-state index contributed by atoms with van der Waals surface area (Å²) in [6.07, 6.45) is -2.27. The molecule has 2 rings (SSSR count). The van der Waals surface area contributed by atoms with Gasteiger partial charge in [0.1, 0.15) is 121 Å². The van der Waals surface area contributed by atoms with Crippen LogP contribution in [0.3, 0.4) is 0 Å². The standard InChI is InChI=1S/C94H158N20O27/c1-43(2)34-61(82(129)97-53(20)77(124)103-63(36-45(5)6)84(131)106-62(35-44(3)4)83(130)100-57(24)93(140)113-32-26-29-69(113)89(136)107-66(41-72(121)122)87(134)102-60(30-31-70(117)118)81(128)112-74(50(15)16)91(138)101-59(42-115)40-71(119)120)105-85(132)65(38-47(9)10)108-92(139)75(51(17)18)111-80(127)56(23)98-88(135)68-28-27-33-114(68)94(141)67(39-48(11)12)109-86(133)64(37-46(7)8)104-78(125)54(21)99-90(137)73(49(13)14)110-79(126)55(22)96-76(123)52(19)95-58(25)116/h42-57,59-69,73-75H,26-41H2,1-25H3,(H,95,116)(H,96,123)(H,97,129)(H,98,135)(H,99,137)(H,100,130)(H,101,138)(H,102,134)(H,103,124)(H,104,125)(H,105,132)(H,106,131)(H,107,136)(H,108,139)(H,109,133)(H,110,126)(H,111,127)(H,112,128)(H,117,118)(H,119,120)(H,121,122). The largest absolute Gasteiger partial charge is 0.481 e. The van der Waals surface area contributed by atoms with E-state index in [1.807, 2.05) is 13.8 Å². The summed E-state index contributed by atoms with van der Waals surface area (Å²) in [6, 6.07) is -27.1. The molecule has 0 aromatic rings. The number of hydrogen-bond acceptors (Lipinski definition) is 24. The monoisotopic (exact) mass is 2000 g/mol. The second kappa shape index (κ2) is 59.9. The van der Waals surface area contributed by atoms with Gasteiger partial charge in [0, 0.05) is 26.4 Å². The fourth-order valence-electron chi connectivity index (χ4n) is 15.7. The van der Waals surface area contributed by atoms with Gasteiger partial charge in [-0.1, -0.05) is 125 Å². The van der Waals surface area contributed by atoms with Gasteiger partial charge in [-0.3, -0.25) is 110 Å². The average molecular weight is 2000 g/mol. The van der Waals surface area contributed by atoms with Gasteiger partial charge in [-0.05, 0) is 165 Å². The number of likely N-dealkylation sites (tertiary alicyclic amines) is 2. The number of hydrogen-bond donors (Lipinski definition) is 21. The molecule has 796 valence electrons. The van der Waals surface area contributed by atoms with Gasteiger partial charge in [0.2, 0.25) is 118 Å². The molecule has 20 amide bonds. The van der Waals surface area contributed by atoms with Gasteiger partial charge in [-0.2, -0.15) is 0 Å². The van der Waals surface area contributed by atoms with E-state index in [0.717, 1.165) is 4.90 Å². The first kappa shape index (κ1) is 125. The summed E-state index contributed by atoms with van der Waals surface area (Å²) in [5, 5.41) is 74.5. The van der Waals surface area contributed by atoms with E-state index in [2.05, 4.69) is 95.7 Å². The molecular formula is C94H158N20O27. The van der Waals surface area contributed by atoms with Crippen molar-refractivity contribution in [2.45, 2.75) is 384 Å². The van der Waals surface area contributed by atoms with E-state index in [4.69, 9.17) is 5.11 Å². The van der Waals surface area contributed by atoms with Crippen LogP contribution in [0.2, 0.25) is 0 Å². The summed E-state index contributed by atoms with van der Waals surface area (Å²) in [5.74, 6) is -24.5. The number of amides is 20. The molecule has 47 heteroatoms. The van der Waals surface area contributed by atoms with Crippen LogP contribution in [0.15, 0.2) is 0 Å². The molecule has 21 N–H and O–H groups in total. The summed E-state index contributed by atoms with van der Waals surface area (Å²) in [6.45, 7) is 40.2. The third-order valence-electron chi connectivity index (χ3n) is 23.2. The third kappa shape index (κ3) is 43.6. The Morgan fingerprint density at radius 2 is 0.532 bits per heavy atom. The Labute approximate surface area is 824 Å². The molecule has 20 unspecified atom stereocenters. The number of aliphatic carboxylic acids is 3. The van der Waals surface area contributed by atoms with Crippen LogP contribution in [-0.2, 0) is 115 Å². The minimum Gasteiger partial charge on any atom is -0.481 e. The van der Waals surface area contributed by atoms with E-state index in [-0.39, 0.29) is 113 Å². The van der Waals surface area contributed by atoms with Crippen molar-refractivity contribution in [2.24, 2.45) is 53.3 Å². The lowest BCUT2D eigenvalue weighted by atomic mass is 9.98. The zero-order valence-corrected chi connectivity index (χ0v) is 86.2. The van der Waals surface area contributed by atoms with Crippen molar-refractivity contribution in [3.63, 3.8) is 0 Å². The lowest BCUT2D eigenvalue weighted by molar-refractivity contribution is -0.144.